The van der Waals surface area contributed by atoms with Crippen molar-refractivity contribution in [2.24, 2.45) is 0 Å². The third-order valence-electron chi connectivity index (χ3n) is 3.68. The van der Waals surface area contributed by atoms with Gasteiger partial charge in [0.15, 0.2) is 0 Å². The van der Waals surface area contributed by atoms with Crippen LogP contribution in [0.3, 0.4) is 0 Å². The second-order valence-electron chi connectivity index (χ2n) is 5.48. The number of anilines is 1. The fourth-order valence-electron chi connectivity index (χ4n) is 2.22. The lowest BCUT2D eigenvalue weighted by Crippen LogP contribution is -2.27. The zero-order valence-electron chi connectivity index (χ0n) is 12.8. The van der Waals surface area contributed by atoms with Gasteiger partial charge in [-0.05, 0) is 49.2 Å². The van der Waals surface area contributed by atoms with Crippen LogP contribution in [0, 0.1) is 0 Å². The molecule has 0 saturated heterocycles. The Morgan fingerprint density at radius 2 is 1.70 bits per heavy atom. The molecule has 1 saturated carbocycles. The molecule has 5 heteroatoms. The lowest BCUT2D eigenvalue weighted by Gasteiger charge is -2.11. The number of hydrogen-bond donors (Lipinski definition) is 2. The van der Waals surface area contributed by atoms with E-state index >= 15 is 0 Å². The van der Waals surface area contributed by atoms with E-state index < -0.39 is 0 Å². The number of methoxy groups -OCH3 is 1. The molecule has 5 nitrogen and oxygen atoms in total. The van der Waals surface area contributed by atoms with Crippen LogP contribution in [0.15, 0.2) is 48.5 Å². The molecule has 2 amide bonds. The first-order valence-corrected chi connectivity index (χ1v) is 7.52. The fourth-order valence-corrected chi connectivity index (χ4v) is 2.22. The summed E-state index contributed by atoms with van der Waals surface area (Å²) in [6.45, 7) is 0. The molecule has 1 aliphatic rings. The summed E-state index contributed by atoms with van der Waals surface area (Å²) in [6.07, 6.45) is 2.04. The number of carbonyl (C=O) groups is 2. The van der Waals surface area contributed by atoms with Gasteiger partial charge in [0.1, 0.15) is 5.75 Å². The zero-order valence-corrected chi connectivity index (χ0v) is 12.8. The maximum atomic E-state index is 12.3. The minimum atomic E-state index is -0.265. The molecule has 118 valence electrons. The highest BCUT2D eigenvalue weighted by molar-refractivity contribution is 6.09. The monoisotopic (exact) mass is 310 g/mol. The first-order valence-electron chi connectivity index (χ1n) is 7.52. The molecule has 0 radical (unpaired) electrons. The van der Waals surface area contributed by atoms with Crippen molar-refractivity contribution in [3.8, 4) is 5.75 Å². The summed E-state index contributed by atoms with van der Waals surface area (Å²) in [7, 11) is 1.57. The van der Waals surface area contributed by atoms with Crippen LogP contribution < -0.4 is 15.4 Å². The van der Waals surface area contributed by atoms with Crippen LogP contribution in [0.4, 0.5) is 5.69 Å². The number of hydrogen-bond acceptors (Lipinski definition) is 3. The Bertz CT molecular complexity index is 721. The van der Waals surface area contributed by atoms with Crippen LogP contribution in [-0.2, 0) is 0 Å². The van der Waals surface area contributed by atoms with Crippen molar-refractivity contribution in [3.63, 3.8) is 0 Å². The average Bonchev–Trinajstić information content (AvgIpc) is 3.39. The highest BCUT2D eigenvalue weighted by Crippen LogP contribution is 2.22. The van der Waals surface area contributed by atoms with Crippen molar-refractivity contribution in [2.45, 2.75) is 18.9 Å². The SMILES string of the molecule is COc1ccc(C(=O)Nc2ccccc2C(=O)NC2CC2)cc1. The summed E-state index contributed by atoms with van der Waals surface area (Å²) >= 11 is 0. The van der Waals surface area contributed by atoms with Gasteiger partial charge in [-0.2, -0.15) is 0 Å². The maximum Gasteiger partial charge on any atom is 0.255 e. The molecule has 1 fully saturated rings. The van der Waals surface area contributed by atoms with Gasteiger partial charge in [-0.3, -0.25) is 9.59 Å². The summed E-state index contributed by atoms with van der Waals surface area (Å²) in [5.74, 6) is 0.267. The molecule has 0 aliphatic heterocycles. The van der Waals surface area contributed by atoms with E-state index in [1.54, 1.807) is 55.6 Å². The smallest absolute Gasteiger partial charge is 0.255 e. The van der Waals surface area contributed by atoms with Crippen molar-refractivity contribution < 1.29 is 14.3 Å². The van der Waals surface area contributed by atoms with E-state index in [0.717, 1.165) is 12.8 Å². The Labute approximate surface area is 134 Å². The topological polar surface area (TPSA) is 67.4 Å². The second-order valence-corrected chi connectivity index (χ2v) is 5.48. The van der Waals surface area contributed by atoms with Gasteiger partial charge < -0.3 is 15.4 Å². The average molecular weight is 310 g/mol. The van der Waals surface area contributed by atoms with Gasteiger partial charge in [-0.15, -0.1) is 0 Å². The van der Waals surface area contributed by atoms with E-state index in [1.807, 2.05) is 0 Å². The number of amides is 2. The minimum absolute atomic E-state index is 0.155. The van der Waals surface area contributed by atoms with Gasteiger partial charge in [-0.1, -0.05) is 12.1 Å². The first-order chi connectivity index (χ1) is 11.2. The predicted molar refractivity (Wildman–Crippen MR) is 87.9 cm³/mol. The molecule has 0 unspecified atom stereocenters. The number of para-hydroxylation sites is 1. The van der Waals surface area contributed by atoms with E-state index in [4.69, 9.17) is 4.74 Å². The molecule has 2 aromatic carbocycles. The van der Waals surface area contributed by atoms with E-state index in [0.29, 0.717) is 22.6 Å². The maximum absolute atomic E-state index is 12.3. The summed E-state index contributed by atoms with van der Waals surface area (Å²) in [6, 6.07) is 14.1. The molecule has 2 N–H and O–H groups in total. The molecule has 23 heavy (non-hydrogen) atoms. The van der Waals surface area contributed by atoms with Crippen molar-refractivity contribution in [3.05, 3.63) is 59.7 Å². The predicted octanol–water partition coefficient (Wildman–Crippen LogP) is 2.84. The third kappa shape index (κ3) is 3.69. The highest BCUT2D eigenvalue weighted by atomic mass is 16.5. The number of nitrogens with one attached hydrogen (secondary N) is 2. The van der Waals surface area contributed by atoms with Crippen LogP contribution in [-0.4, -0.2) is 25.0 Å². The Morgan fingerprint density at radius 1 is 1.00 bits per heavy atom. The number of benzene rings is 2. The van der Waals surface area contributed by atoms with Gasteiger partial charge in [0.2, 0.25) is 0 Å². The lowest BCUT2D eigenvalue weighted by molar-refractivity contribution is 0.0952. The molecule has 0 bridgehead atoms. The van der Waals surface area contributed by atoms with Crippen LogP contribution in [0.25, 0.3) is 0 Å². The van der Waals surface area contributed by atoms with E-state index in [1.165, 1.54) is 0 Å². The van der Waals surface area contributed by atoms with Gasteiger partial charge in [0.25, 0.3) is 11.8 Å². The largest absolute Gasteiger partial charge is 0.497 e. The summed E-state index contributed by atoms with van der Waals surface area (Å²) in [5.41, 5.74) is 1.48. The quantitative estimate of drug-likeness (QED) is 0.892. The molecule has 0 spiro atoms. The Kier molecular flexibility index (Phi) is 4.28. The second kappa shape index (κ2) is 6.52. The van der Waals surface area contributed by atoms with Crippen molar-refractivity contribution in [1.82, 2.24) is 5.32 Å². The van der Waals surface area contributed by atoms with Crippen molar-refractivity contribution in [2.75, 3.05) is 12.4 Å². The standard InChI is InChI=1S/C18H18N2O3/c1-23-14-10-6-12(7-11-14)17(21)20-16-5-3-2-4-15(16)18(22)19-13-8-9-13/h2-7,10-11,13H,8-9H2,1H3,(H,19,22)(H,20,21). The van der Waals surface area contributed by atoms with E-state index in [2.05, 4.69) is 10.6 Å². The molecule has 2 aromatic rings. The van der Waals surface area contributed by atoms with Gasteiger partial charge >= 0.3 is 0 Å². The van der Waals surface area contributed by atoms with Gasteiger partial charge in [0.05, 0.1) is 18.4 Å². The molecular weight excluding hydrogens is 292 g/mol. The van der Waals surface area contributed by atoms with Crippen molar-refractivity contribution >= 4 is 17.5 Å². The number of ether oxygens (including phenoxy) is 1. The molecular formula is C18H18N2O3. The first kappa shape index (κ1) is 15.1. The minimum Gasteiger partial charge on any atom is -0.497 e. The third-order valence-corrected chi connectivity index (χ3v) is 3.68. The van der Waals surface area contributed by atoms with Crippen LogP contribution in [0.5, 0.6) is 5.75 Å². The molecule has 0 aromatic heterocycles. The Morgan fingerprint density at radius 3 is 2.35 bits per heavy atom. The fraction of sp³-hybridized carbons (Fsp3) is 0.222. The Hall–Kier alpha value is -2.82. The molecule has 1 aliphatic carbocycles. The zero-order chi connectivity index (χ0) is 16.2. The van der Waals surface area contributed by atoms with Gasteiger partial charge in [0, 0.05) is 11.6 Å². The van der Waals surface area contributed by atoms with E-state index in [9.17, 15) is 9.59 Å². The highest BCUT2D eigenvalue weighted by Gasteiger charge is 2.25. The van der Waals surface area contributed by atoms with E-state index in [-0.39, 0.29) is 17.9 Å². The summed E-state index contributed by atoms with van der Waals surface area (Å²) < 4.78 is 5.08. The van der Waals surface area contributed by atoms with Crippen LogP contribution >= 0.6 is 0 Å². The number of rotatable bonds is 5. The summed E-state index contributed by atoms with van der Waals surface area (Å²) in [5, 5.41) is 5.73. The normalized spacial score (nSPS) is 13.3. The van der Waals surface area contributed by atoms with Crippen LogP contribution in [0.1, 0.15) is 33.6 Å². The molecule has 3 rings (SSSR count). The molecule has 0 heterocycles. The van der Waals surface area contributed by atoms with Gasteiger partial charge in [-0.25, -0.2) is 0 Å². The van der Waals surface area contributed by atoms with Crippen molar-refractivity contribution in [1.29, 1.82) is 0 Å². The Balaban J connectivity index is 1.75. The van der Waals surface area contributed by atoms with Crippen LogP contribution in [0.2, 0.25) is 0 Å². The lowest BCUT2D eigenvalue weighted by atomic mass is 10.1. The summed E-state index contributed by atoms with van der Waals surface area (Å²) in [4.78, 5) is 24.6. The number of carbonyl (C=O) groups excluding carboxylic acids is 2. The molecule has 0 atom stereocenters.